The number of carbonyl (C=O) groups is 1. The SMILES string of the molecule is CCOC(=O)Cc1cncc(Cl)c1. The molecular formula is C9H10ClNO2. The van der Waals surface area contributed by atoms with Crippen LogP contribution in [0.3, 0.4) is 0 Å². The number of aromatic nitrogens is 1. The molecule has 0 N–H and O–H groups in total. The first kappa shape index (κ1) is 9.99. The number of carbonyl (C=O) groups excluding carboxylic acids is 1. The van der Waals surface area contributed by atoms with Crippen LogP contribution >= 0.6 is 11.6 Å². The summed E-state index contributed by atoms with van der Waals surface area (Å²) in [5, 5.41) is 0.529. The summed E-state index contributed by atoms with van der Waals surface area (Å²) in [4.78, 5) is 14.9. The average Bonchev–Trinajstić information content (AvgIpc) is 2.04. The summed E-state index contributed by atoms with van der Waals surface area (Å²) in [6.45, 7) is 2.17. The molecule has 0 atom stereocenters. The molecule has 1 aromatic heterocycles. The Labute approximate surface area is 81.7 Å². The Morgan fingerprint density at radius 2 is 2.38 bits per heavy atom. The minimum atomic E-state index is -0.258. The normalized spacial score (nSPS) is 9.69. The van der Waals surface area contributed by atoms with Crippen LogP contribution in [0.5, 0.6) is 0 Å². The maximum Gasteiger partial charge on any atom is 0.310 e. The second kappa shape index (κ2) is 4.82. The molecule has 0 aliphatic rings. The first-order valence-corrected chi connectivity index (χ1v) is 4.35. The maximum absolute atomic E-state index is 11.0. The molecule has 1 rings (SSSR count). The van der Waals surface area contributed by atoms with Crippen LogP contribution in [0.1, 0.15) is 12.5 Å². The Kier molecular flexibility index (Phi) is 3.71. The van der Waals surface area contributed by atoms with Crippen molar-refractivity contribution in [2.45, 2.75) is 13.3 Å². The van der Waals surface area contributed by atoms with Gasteiger partial charge in [-0.05, 0) is 18.6 Å². The molecule has 1 heterocycles. The van der Waals surface area contributed by atoms with Gasteiger partial charge in [-0.1, -0.05) is 11.6 Å². The lowest BCUT2D eigenvalue weighted by Gasteiger charge is -2.01. The monoisotopic (exact) mass is 199 g/mol. The van der Waals surface area contributed by atoms with E-state index in [2.05, 4.69) is 4.98 Å². The Hall–Kier alpha value is -1.09. The summed E-state index contributed by atoms with van der Waals surface area (Å²) >= 11 is 5.69. The van der Waals surface area contributed by atoms with Crippen molar-refractivity contribution in [2.75, 3.05) is 6.61 Å². The molecule has 0 spiro atoms. The largest absolute Gasteiger partial charge is 0.466 e. The smallest absolute Gasteiger partial charge is 0.310 e. The second-order valence-corrected chi connectivity index (χ2v) is 2.93. The number of pyridine rings is 1. The van der Waals surface area contributed by atoms with Gasteiger partial charge in [0.25, 0.3) is 0 Å². The molecule has 0 aromatic carbocycles. The fraction of sp³-hybridized carbons (Fsp3) is 0.333. The van der Waals surface area contributed by atoms with Crippen molar-refractivity contribution in [3.63, 3.8) is 0 Å². The molecular weight excluding hydrogens is 190 g/mol. The highest BCUT2D eigenvalue weighted by molar-refractivity contribution is 6.30. The third-order valence-electron chi connectivity index (χ3n) is 1.42. The van der Waals surface area contributed by atoms with Gasteiger partial charge < -0.3 is 4.74 Å². The molecule has 1 aromatic rings. The summed E-state index contributed by atoms with van der Waals surface area (Å²) in [5.74, 6) is -0.258. The standard InChI is InChI=1S/C9H10ClNO2/c1-2-13-9(12)4-7-3-8(10)6-11-5-7/h3,5-6H,2,4H2,1H3. The number of esters is 1. The average molecular weight is 200 g/mol. The molecule has 0 radical (unpaired) electrons. The van der Waals surface area contributed by atoms with Crippen LogP contribution in [0.2, 0.25) is 5.02 Å². The zero-order chi connectivity index (χ0) is 9.68. The lowest BCUT2D eigenvalue weighted by molar-refractivity contribution is -0.142. The molecule has 0 saturated heterocycles. The lowest BCUT2D eigenvalue weighted by Crippen LogP contribution is -2.07. The highest BCUT2D eigenvalue weighted by Crippen LogP contribution is 2.09. The van der Waals surface area contributed by atoms with Gasteiger partial charge in [0.2, 0.25) is 0 Å². The predicted octanol–water partition coefficient (Wildman–Crippen LogP) is 1.84. The number of ether oxygens (including phenoxy) is 1. The van der Waals surface area contributed by atoms with Crippen LogP contribution in [-0.2, 0) is 16.0 Å². The summed E-state index contributed by atoms with van der Waals surface area (Å²) in [6.07, 6.45) is 3.35. The molecule has 0 unspecified atom stereocenters. The minimum absolute atomic E-state index is 0.224. The fourth-order valence-corrected chi connectivity index (χ4v) is 1.13. The summed E-state index contributed by atoms with van der Waals surface area (Å²) < 4.78 is 4.78. The van der Waals surface area contributed by atoms with Crippen molar-refractivity contribution in [3.05, 3.63) is 29.0 Å². The van der Waals surface area contributed by atoms with E-state index in [1.807, 2.05) is 0 Å². The summed E-state index contributed by atoms with van der Waals surface area (Å²) in [7, 11) is 0. The van der Waals surface area contributed by atoms with Crippen molar-refractivity contribution < 1.29 is 9.53 Å². The molecule has 0 aliphatic carbocycles. The first-order chi connectivity index (χ1) is 6.22. The van der Waals surface area contributed by atoms with Gasteiger partial charge in [0.05, 0.1) is 18.1 Å². The van der Waals surface area contributed by atoms with E-state index in [1.54, 1.807) is 19.2 Å². The molecule has 4 heteroatoms. The minimum Gasteiger partial charge on any atom is -0.466 e. The maximum atomic E-state index is 11.0. The van der Waals surface area contributed by atoms with Gasteiger partial charge in [-0.2, -0.15) is 0 Å². The van der Waals surface area contributed by atoms with Gasteiger partial charge in [-0.3, -0.25) is 9.78 Å². The number of halogens is 1. The van der Waals surface area contributed by atoms with E-state index in [1.165, 1.54) is 6.20 Å². The van der Waals surface area contributed by atoms with E-state index in [4.69, 9.17) is 16.3 Å². The topological polar surface area (TPSA) is 39.2 Å². The first-order valence-electron chi connectivity index (χ1n) is 3.97. The van der Waals surface area contributed by atoms with Crippen LogP contribution in [0.15, 0.2) is 18.5 Å². The van der Waals surface area contributed by atoms with Gasteiger partial charge in [-0.25, -0.2) is 0 Å². The van der Waals surface area contributed by atoms with Crippen LogP contribution in [0.4, 0.5) is 0 Å². The highest BCUT2D eigenvalue weighted by Gasteiger charge is 2.03. The number of rotatable bonds is 3. The third kappa shape index (κ3) is 3.42. The molecule has 0 bridgehead atoms. The predicted molar refractivity (Wildman–Crippen MR) is 49.6 cm³/mol. The summed E-state index contributed by atoms with van der Waals surface area (Å²) in [6, 6.07) is 1.70. The van der Waals surface area contributed by atoms with Crippen LogP contribution in [0, 0.1) is 0 Å². The number of nitrogens with zero attached hydrogens (tertiary/aromatic N) is 1. The zero-order valence-electron chi connectivity index (χ0n) is 7.29. The molecule has 3 nitrogen and oxygen atoms in total. The molecule has 70 valence electrons. The summed E-state index contributed by atoms with van der Waals surface area (Å²) in [5.41, 5.74) is 0.769. The van der Waals surface area contributed by atoms with E-state index < -0.39 is 0 Å². The Bertz CT molecular complexity index is 301. The van der Waals surface area contributed by atoms with E-state index >= 15 is 0 Å². The van der Waals surface area contributed by atoms with Crippen LogP contribution < -0.4 is 0 Å². The van der Waals surface area contributed by atoms with Crippen LogP contribution in [-0.4, -0.2) is 17.6 Å². The van der Waals surface area contributed by atoms with Crippen molar-refractivity contribution in [3.8, 4) is 0 Å². The molecule has 0 fully saturated rings. The van der Waals surface area contributed by atoms with E-state index in [0.29, 0.717) is 11.6 Å². The van der Waals surface area contributed by atoms with Gasteiger partial charge >= 0.3 is 5.97 Å². The highest BCUT2D eigenvalue weighted by atomic mass is 35.5. The zero-order valence-corrected chi connectivity index (χ0v) is 8.04. The Balaban J connectivity index is 2.58. The van der Waals surface area contributed by atoms with Gasteiger partial charge in [0.15, 0.2) is 0 Å². The Morgan fingerprint density at radius 1 is 1.62 bits per heavy atom. The van der Waals surface area contributed by atoms with Gasteiger partial charge in [0, 0.05) is 12.4 Å². The van der Waals surface area contributed by atoms with Crippen molar-refractivity contribution >= 4 is 17.6 Å². The molecule has 0 aliphatic heterocycles. The van der Waals surface area contributed by atoms with E-state index in [-0.39, 0.29) is 12.4 Å². The quantitative estimate of drug-likeness (QED) is 0.698. The fourth-order valence-electron chi connectivity index (χ4n) is 0.931. The second-order valence-electron chi connectivity index (χ2n) is 2.49. The van der Waals surface area contributed by atoms with Crippen LogP contribution in [0.25, 0.3) is 0 Å². The van der Waals surface area contributed by atoms with Crippen molar-refractivity contribution in [1.29, 1.82) is 0 Å². The van der Waals surface area contributed by atoms with Crippen molar-refractivity contribution in [1.82, 2.24) is 4.98 Å². The van der Waals surface area contributed by atoms with Gasteiger partial charge in [0.1, 0.15) is 0 Å². The lowest BCUT2D eigenvalue weighted by atomic mass is 10.2. The van der Waals surface area contributed by atoms with E-state index in [9.17, 15) is 4.79 Å². The number of hydrogen-bond acceptors (Lipinski definition) is 3. The molecule has 0 amide bonds. The van der Waals surface area contributed by atoms with E-state index in [0.717, 1.165) is 5.56 Å². The van der Waals surface area contributed by atoms with Gasteiger partial charge in [-0.15, -0.1) is 0 Å². The molecule has 13 heavy (non-hydrogen) atoms. The third-order valence-corrected chi connectivity index (χ3v) is 1.62. The van der Waals surface area contributed by atoms with Crippen molar-refractivity contribution in [2.24, 2.45) is 0 Å². The Morgan fingerprint density at radius 3 is 3.00 bits per heavy atom. The molecule has 0 saturated carbocycles. The number of hydrogen-bond donors (Lipinski definition) is 0.